The zero-order valence-electron chi connectivity index (χ0n) is 14.7. The number of ether oxygens (including phenoxy) is 3. The summed E-state index contributed by atoms with van der Waals surface area (Å²) in [5.74, 6) is -0.215. The van der Waals surface area contributed by atoms with E-state index in [0.29, 0.717) is 5.57 Å². The van der Waals surface area contributed by atoms with Gasteiger partial charge in [-0.2, -0.15) is 0 Å². The lowest BCUT2D eigenvalue weighted by Crippen LogP contribution is -2.46. The van der Waals surface area contributed by atoms with E-state index in [2.05, 4.69) is 10.6 Å². The molecule has 0 aromatic heterocycles. The Hall–Kier alpha value is -1.76. The minimum Gasteiger partial charge on any atom is -0.461 e. The average Bonchev–Trinajstić information content (AvgIpc) is 3.16. The summed E-state index contributed by atoms with van der Waals surface area (Å²) in [7, 11) is 1.51. The standard InChI is InChI=1S/C18H26N2O5/c1-18-13(25-18)8-11-12(15(21)20-10-6-4-3-5-7-10)9-23-16(14(11)18)24-17(22)19-2/h9-11,13-14,16H,3-8H2,1-2H3,(H,19,22)(H,20,21)/t11-,13+,14+,16+,18+/m1/s1. The molecule has 0 aromatic rings. The molecule has 3 fully saturated rings. The molecule has 2 saturated carbocycles. The van der Waals surface area contributed by atoms with Gasteiger partial charge in [-0.15, -0.1) is 0 Å². The predicted octanol–water partition coefficient (Wildman–Crippen LogP) is 1.83. The van der Waals surface area contributed by atoms with Crippen molar-refractivity contribution in [2.45, 2.75) is 69.5 Å². The van der Waals surface area contributed by atoms with Crippen molar-refractivity contribution in [2.75, 3.05) is 7.05 Å². The number of rotatable bonds is 3. The molecule has 0 spiro atoms. The number of nitrogens with one attached hydrogen (secondary N) is 2. The van der Waals surface area contributed by atoms with Gasteiger partial charge in [-0.25, -0.2) is 4.79 Å². The van der Waals surface area contributed by atoms with E-state index in [-0.39, 0.29) is 35.5 Å². The molecule has 7 nitrogen and oxygen atoms in total. The Morgan fingerprint density at radius 2 is 2.04 bits per heavy atom. The molecule has 0 aromatic carbocycles. The van der Waals surface area contributed by atoms with Gasteiger partial charge in [0.15, 0.2) is 0 Å². The summed E-state index contributed by atoms with van der Waals surface area (Å²) in [6.45, 7) is 2.01. The van der Waals surface area contributed by atoms with E-state index in [9.17, 15) is 9.59 Å². The summed E-state index contributed by atoms with van der Waals surface area (Å²) in [4.78, 5) is 24.4. The van der Waals surface area contributed by atoms with Crippen molar-refractivity contribution >= 4 is 12.0 Å². The van der Waals surface area contributed by atoms with Crippen LogP contribution in [0.15, 0.2) is 11.8 Å². The van der Waals surface area contributed by atoms with Crippen LogP contribution in [0.5, 0.6) is 0 Å². The van der Waals surface area contributed by atoms with E-state index in [1.807, 2.05) is 6.92 Å². The third kappa shape index (κ3) is 2.88. The minimum absolute atomic E-state index is 0.00394. The molecular formula is C18H26N2O5. The maximum absolute atomic E-state index is 12.8. The smallest absolute Gasteiger partial charge is 0.409 e. The van der Waals surface area contributed by atoms with Gasteiger partial charge in [0.2, 0.25) is 0 Å². The predicted molar refractivity (Wildman–Crippen MR) is 88.4 cm³/mol. The Bertz CT molecular complexity index is 600. The molecule has 2 heterocycles. The Balaban J connectivity index is 1.50. The lowest BCUT2D eigenvalue weighted by molar-refractivity contribution is -0.142. The quantitative estimate of drug-likeness (QED) is 0.758. The summed E-state index contributed by atoms with van der Waals surface area (Å²) in [5.41, 5.74) is 0.276. The van der Waals surface area contributed by atoms with Crippen LogP contribution in [0.4, 0.5) is 4.79 Å². The highest BCUT2D eigenvalue weighted by molar-refractivity contribution is 5.94. The minimum atomic E-state index is -0.728. The molecule has 7 heteroatoms. The fraction of sp³-hybridized carbons (Fsp3) is 0.778. The van der Waals surface area contributed by atoms with E-state index in [0.717, 1.165) is 19.3 Å². The number of fused-ring (bicyclic) bond motifs is 3. The van der Waals surface area contributed by atoms with Crippen LogP contribution >= 0.6 is 0 Å². The van der Waals surface area contributed by atoms with Crippen molar-refractivity contribution in [3.05, 3.63) is 11.8 Å². The van der Waals surface area contributed by atoms with Crippen LogP contribution in [0, 0.1) is 11.8 Å². The Morgan fingerprint density at radius 3 is 2.76 bits per heavy atom. The first-order chi connectivity index (χ1) is 12.0. The van der Waals surface area contributed by atoms with Gasteiger partial charge in [0.05, 0.1) is 23.9 Å². The second kappa shape index (κ2) is 6.20. The first-order valence-corrected chi connectivity index (χ1v) is 9.25. The summed E-state index contributed by atoms with van der Waals surface area (Å²) in [6.07, 6.45) is 6.76. The fourth-order valence-electron chi connectivity index (χ4n) is 4.72. The van der Waals surface area contributed by atoms with Gasteiger partial charge in [-0.1, -0.05) is 19.3 Å². The van der Waals surface area contributed by atoms with Crippen molar-refractivity contribution in [3.63, 3.8) is 0 Å². The monoisotopic (exact) mass is 350 g/mol. The Labute approximate surface area is 147 Å². The zero-order valence-corrected chi connectivity index (χ0v) is 14.7. The lowest BCUT2D eigenvalue weighted by atomic mass is 9.81. The summed E-state index contributed by atoms with van der Waals surface area (Å²) >= 11 is 0. The van der Waals surface area contributed by atoms with Crippen LogP contribution in [0.1, 0.15) is 45.4 Å². The van der Waals surface area contributed by atoms with Gasteiger partial charge in [0.1, 0.15) is 5.60 Å². The number of hydrogen-bond acceptors (Lipinski definition) is 5. The van der Waals surface area contributed by atoms with E-state index >= 15 is 0 Å². The third-order valence-corrected chi connectivity index (χ3v) is 6.19. The highest BCUT2D eigenvalue weighted by Gasteiger charge is 2.70. The van der Waals surface area contributed by atoms with Crippen molar-refractivity contribution in [3.8, 4) is 0 Å². The molecule has 5 atom stereocenters. The fourth-order valence-corrected chi connectivity index (χ4v) is 4.72. The maximum atomic E-state index is 12.8. The average molecular weight is 350 g/mol. The zero-order chi connectivity index (χ0) is 17.6. The molecule has 4 aliphatic rings. The Morgan fingerprint density at radius 1 is 1.28 bits per heavy atom. The lowest BCUT2D eigenvalue weighted by Gasteiger charge is -2.36. The SMILES string of the molecule is CNC(=O)O[C@@H]1OC=C(C(=O)NC2CCCCC2)[C@H]2C[C@@H]3O[C@]3(C)[C@H]12. The number of hydrogen-bond donors (Lipinski definition) is 2. The molecule has 4 rings (SSSR count). The highest BCUT2D eigenvalue weighted by atomic mass is 16.7. The molecule has 0 unspecified atom stereocenters. The number of epoxide rings is 1. The van der Waals surface area contributed by atoms with Crippen LogP contribution in [-0.4, -0.2) is 43.1 Å². The van der Waals surface area contributed by atoms with Crippen molar-refractivity contribution in [1.29, 1.82) is 0 Å². The van der Waals surface area contributed by atoms with Gasteiger partial charge in [-0.3, -0.25) is 4.79 Å². The van der Waals surface area contributed by atoms with Crippen molar-refractivity contribution < 1.29 is 23.8 Å². The Kier molecular flexibility index (Phi) is 4.14. The van der Waals surface area contributed by atoms with Crippen molar-refractivity contribution in [1.82, 2.24) is 10.6 Å². The van der Waals surface area contributed by atoms with E-state index < -0.39 is 12.4 Å². The van der Waals surface area contributed by atoms with E-state index in [1.54, 1.807) is 0 Å². The number of carbonyl (C=O) groups is 2. The second-order valence-corrected chi connectivity index (χ2v) is 7.70. The first-order valence-electron chi connectivity index (χ1n) is 9.25. The van der Waals surface area contributed by atoms with Gasteiger partial charge in [-0.05, 0) is 26.2 Å². The summed E-state index contributed by atoms with van der Waals surface area (Å²) < 4.78 is 16.8. The van der Waals surface area contributed by atoms with Crippen LogP contribution in [0.25, 0.3) is 0 Å². The molecule has 25 heavy (non-hydrogen) atoms. The largest absolute Gasteiger partial charge is 0.461 e. The molecule has 138 valence electrons. The summed E-state index contributed by atoms with van der Waals surface area (Å²) in [5, 5.41) is 5.60. The van der Waals surface area contributed by atoms with Crippen LogP contribution in [-0.2, 0) is 19.0 Å². The molecule has 0 bridgehead atoms. The number of carbonyl (C=O) groups excluding carboxylic acids is 2. The first kappa shape index (κ1) is 16.7. The molecule has 2 amide bonds. The third-order valence-electron chi connectivity index (χ3n) is 6.19. The molecule has 0 radical (unpaired) electrons. The summed E-state index contributed by atoms with van der Waals surface area (Å²) in [6, 6.07) is 0.253. The van der Waals surface area contributed by atoms with Crippen LogP contribution in [0.3, 0.4) is 0 Å². The highest BCUT2D eigenvalue weighted by Crippen LogP contribution is 2.60. The van der Waals surface area contributed by atoms with E-state index in [4.69, 9.17) is 14.2 Å². The number of amides is 2. The molecule has 2 aliphatic carbocycles. The maximum Gasteiger partial charge on any atom is 0.409 e. The van der Waals surface area contributed by atoms with Crippen LogP contribution < -0.4 is 10.6 Å². The van der Waals surface area contributed by atoms with Crippen LogP contribution in [0.2, 0.25) is 0 Å². The molecule has 1 saturated heterocycles. The van der Waals surface area contributed by atoms with Gasteiger partial charge < -0.3 is 24.8 Å². The molecule has 2 N–H and O–H groups in total. The number of alkyl carbamates (subject to hydrolysis) is 1. The van der Waals surface area contributed by atoms with Gasteiger partial charge in [0.25, 0.3) is 12.2 Å². The van der Waals surface area contributed by atoms with E-state index in [1.165, 1.54) is 32.6 Å². The van der Waals surface area contributed by atoms with Gasteiger partial charge in [0, 0.05) is 19.0 Å². The molecule has 2 aliphatic heterocycles. The topological polar surface area (TPSA) is 89.2 Å². The van der Waals surface area contributed by atoms with Gasteiger partial charge >= 0.3 is 6.09 Å². The normalized spacial score (nSPS) is 39.4. The van der Waals surface area contributed by atoms with Crippen molar-refractivity contribution in [2.24, 2.45) is 11.8 Å². The second-order valence-electron chi connectivity index (χ2n) is 7.70. The molecular weight excluding hydrogens is 324 g/mol.